The van der Waals surface area contributed by atoms with Gasteiger partial charge in [-0.25, -0.2) is 4.98 Å². The molecule has 3 aromatic heterocycles. The van der Waals surface area contributed by atoms with Gasteiger partial charge in [0.25, 0.3) is 5.56 Å². The van der Waals surface area contributed by atoms with Crippen molar-refractivity contribution in [1.82, 2.24) is 14.3 Å². The van der Waals surface area contributed by atoms with Crippen molar-refractivity contribution in [1.29, 1.82) is 0 Å². The average molecular weight is 406 g/mol. The zero-order valence-electron chi connectivity index (χ0n) is 14.5. The molecule has 0 spiro atoms. The maximum absolute atomic E-state index is 12.7. The Morgan fingerprint density at radius 2 is 2.23 bits per heavy atom. The van der Waals surface area contributed by atoms with Gasteiger partial charge >= 0.3 is 0 Å². The summed E-state index contributed by atoms with van der Waals surface area (Å²) in [5.41, 5.74) is 1.84. The smallest absolute Gasteiger partial charge is 0.261 e. The van der Waals surface area contributed by atoms with Gasteiger partial charge in [0.05, 0.1) is 4.34 Å². The number of nitrogens with zero attached hydrogens (tertiary/aromatic N) is 3. The zero-order valence-corrected chi connectivity index (χ0v) is 16.9. The summed E-state index contributed by atoms with van der Waals surface area (Å²) in [7, 11) is 0. The van der Waals surface area contributed by atoms with Crippen LogP contribution in [0.4, 0.5) is 0 Å². The summed E-state index contributed by atoms with van der Waals surface area (Å²) in [6.07, 6.45) is 3.89. The number of hydrogen-bond donors (Lipinski definition) is 0. The van der Waals surface area contributed by atoms with Gasteiger partial charge in [-0.15, -0.1) is 22.7 Å². The van der Waals surface area contributed by atoms with E-state index >= 15 is 0 Å². The van der Waals surface area contributed by atoms with Crippen LogP contribution in [0.5, 0.6) is 0 Å². The SMILES string of the molecule is Cc1nc2sccn2c(=O)c1CCN1CC2CC(c3ccc(Cl)s3)C2C1. The van der Waals surface area contributed by atoms with Crippen molar-refractivity contribution >= 4 is 39.2 Å². The van der Waals surface area contributed by atoms with Crippen LogP contribution in [0.3, 0.4) is 0 Å². The molecule has 3 atom stereocenters. The summed E-state index contributed by atoms with van der Waals surface area (Å²) in [5.74, 6) is 2.24. The zero-order chi connectivity index (χ0) is 17.8. The maximum Gasteiger partial charge on any atom is 0.261 e. The molecule has 3 unspecified atom stereocenters. The molecule has 4 heterocycles. The fourth-order valence-corrected chi connectivity index (χ4v) is 6.61. The third-order valence-corrected chi connectivity index (χ3v) is 8.16. The summed E-state index contributed by atoms with van der Waals surface area (Å²) >= 11 is 9.35. The number of fused-ring (bicyclic) bond motifs is 2. The van der Waals surface area contributed by atoms with Crippen LogP contribution in [0.1, 0.15) is 28.5 Å². The van der Waals surface area contributed by atoms with E-state index in [1.54, 1.807) is 15.7 Å². The van der Waals surface area contributed by atoms with E-state index in [1.807, 2.05) is 24.6 Å². The second-order valence-electron chi connectivity index (χ2n) is 7.45. The van der Waals surface area contributed by atoms with Crippen molar-refractivity contribution in [2.75, 3.05) is 19.6 Å². The molecule has 4 nitrogen and oxygen atoms in total. The molecule has 0 bridgehead atoms. The number of rotatable bonds is 4. The minimum atomic E-state index is 0.0991. The fourth-order valence-electron chi connectivity index (χ4n) is 4.61. The Balaban J connectivity index is 1.27. The van der Waals surface area contributed by atoms with Crippen LogP contribution in [0.25, 0.3) is 4.96 Å². The third-order valence-electron chi connectivity index (χ3n) is 6.04. The van der Waals surface area contributed by atoms with E-state index in [1.165, 1.54) is 22.6 Å². The lowest BCUT2D eigenvalue weighted by atomic mass is 9.66. The van der Waals surface area contributed by atoms with E-state index in [0.717, 1.165) is 58.4 Å². The molecular weight excluding hydrogens is 386 g/mol. The number of thiazole rings is 1. The highest BCUT2D eigenvalue weighted by molar-refractivity contribution is 7.16. The molecule has 0 N–H and O–H groups in total. The first-order valence-corrected chi connectivity index (χ1v) is 11.1. The fraction of sp³-hybridized carbons (Fsp3) is 0.474. The lowest BCUT2D eigenvalue weighted by molar-refractivity contribution is 0.194. The van der Waals surface area contributed by atoms with E-state index in [-0.39, 0.29) is 5.56 Å². The quantitative estimate of drug-likeness (QED) is 0.657. The third kappa shape index (κ3) is 2.74. The summed E-state index contributed by atoms with van der Waals surface area (Å²) in [6.45, 7) is 5.20. The molecule has 26 heavy (non-hydrogen) atoms. The van der Waals surface area contributed by atoms with Crippen molar-refractivity contribution in [3.63, 3.8) is 0 Å². The molecule has 1 saturated carbocycles. The first kappa shape index (κ1) is 16.9. The Labute approximate surface area is 165 Å². The monoisotopic (exact) mass is 405 g/mol. The van der Waals surface area contributed by atoms with Crippen molar-refractivity contribution in [3.8, 4) is 0 Å². The van der Waals surface area contributed by atoms with Crippen molar-refractivity contribution in [2.24, 2.45) is 11.8 Å². The van der Waals surface area contributed by atoms with Gasteiger partial charge < -0.3 is 4.90 Å². The van der Waals surface area contributed by atoms with Crippen LogP contribution in [-0.4, -0.2) is 33.9 Å². The van der Waals surface area contributed by atoms with Crippen LogP contribution in [0, 0.1) is 18.8 Å². The molecule has 1 aliphatic heterocycles. The molecule has 1 saturated heterocycles. The van der Waals surface area contributed by atoms with Gasteiger partial charge in [-0.1, -0.05) is 11.6 Å². The lowest BCUT2D eigenvalue weighted by Gasteiger charge is -2.39. The van der Waals surface area contributed by atoms with Crippen LogP contribution in [0.15, 0.2) is 28.5 Å². The predicted molar refractivity (Wildman–Crippen MR) is 108 cm³/mol. The largest absolute Gasteiger partial charge is 0.302 e. The second kappa shape index (κ2) is 6.44. The normalized spacial score (nSPS) is 25.5. The molecule has 0 radical (unpaired) electrons. The molecule has 3 aromatic rings. The Hall–Kier alpha value is -1.21. The highest BCUT2D eigenvalue weighted by Gasteiger charge is 2.47. The summed E-state index contributed by atoms with van der Waals surface area (Å²) < 4.78 is 2.57. The highest BCUT2D eigenvalue weighted by atomic mass is 35.5. The number of aromatic nitrogens is 2. The first-order valence-electron chi connectivity index (χ1n) is 9.03. The number of likely N-dealkylation sites (tertiary alicyclic amines) is 1. The van der Waals surface area contributed by atoms with Crippen molar-refractivity contribution in [3.05, 3.63) is 54.5 Å². The average Bonchev–Trinajstić information content (AvgIpc) is 3.29. The van der Waals surface area contributed by atoms with E-state index in [0.29, 0.717) is 5.92 Å². The number of halogens is 1. The van der Waals surface area contributed by atoms with Gasteiger partial charge in [0.15, 0.2) is 4.96 Å². The molecule has 7 heteroatoms. The minimum Gasteiger partial charge on any atom is -0.302 e. The van der Waals surface area contributed by atoms with Gasteiger partial charge in [0.1, 0.15) is 0 Å². The Bertz CT molecular complexity index is 1020. The topological polar surface area (TPSA) is 37.6 Å². The van der Waals surface area contributed by atoms with E-state index < -0.39 is 0 Å². The predicted octanol–water partition coefficient (Wildman–Crippen LogP) is 4.06. The van der Waals surface area contributed by atoms with Gasteiger partial charge in [-0.3, -0.25) is 9.20 Å². The van der Waals surface area contributed by atoms with Crippen LogP contribution < -0.4 is 5.56 Å². The van der Waals surface area contributed by atoms with E-state index in [9.17, 15) is 4.79 Å². The minimum absolute atomic E-state index is 0.0991. The number of thiophene rings is 1. The molecule has 2 fully saturated rings. The molecular formula is C19H20ClN3OS2. The Morgan fingerprint density at radius 1 is 1.35 bits per heavy atom. The first-order chi connectivity index (χ1) is 12.6. The van der Waals surface area contributed by atoms with Crippen LogP contribution in [0.2, 0.25) is 4.34 Å². The number of aryl methyl sites for hydroxylation is 1. The molecule has 2 aliphatic rings. The standard InChI is InChI=1S/C19H20ClN3OS2/c1-11-13(18(24)23-6-7-25-19(23)21-11)4-5-22-9-12-8-14(15(12)10-22)16-2-3-17(20)26-16/h2-3,6-7,12,14-15H,4-5,8-10H2,1H3. The van der Waals surface area contributed by atoms with Crippen molar-refractivity contribution < 1.29 is 0 Å². The summed E-state index contributed by atoms with van der Waals surface area (Å²) in [4.78, 5) is 22.0. The summed E-state index contributed by atoms with van der Waals surface area (Å²) in [6, 6.07) is 4.22. The molecule has 1 aliphatic carbocycles. The molecule has 136 valence electrons. The van der Waals surface area contributed by atoms with Crippen LogP contribution in [-0.2, 0) is 6.42 Å². The molecule has 0 amide bonds. The summed E-state index contributed by atoms with van der Waals surface area (Å²) in [5, 5.41) is 1.92. The second-order valence-corrected chi connectivity index (χ2v) is 10.1. The highest BCUT2D eigenvalue weighted by Crippen LogP contribution is 2.53. The van der Waals surface area contributed by atoms with Gasteiger partial charge in [-0.2, -0.15) is 0 Å². The van der Waals surface area contributed by atoms with E-state index in [2.05, 4.69) is 16.0 Å². The van der Waals surface area contributed by atoms with Crippen LogP contribution >= 0.6 is 34.3 Å². The molecule has 0 aromatic carbocycles. The Morgan fingerprint density at radius 3 is 3.04 bits per heavy atom. The van der Waals surface area contributed by atoms with Gasteiger partial charge in [0.2, 0.25) is 0 Å². The maximum atomic E-state index is 12.7. The van der Waals surface area contributed by atoms with Gasteiger partial charge in [0, 0.05) is 47.3 Å². The Kier molecular flexibility index (Phi) is 4.20. The number of hydrogen-bond acceptors (Lipinski definition) is 5. The van der Waals surface area contributed by atoms with Gasteiger partial charge in [-0.05, 0) is 49.7 Å². The van der Waals surface area contributed by atoms with Crippen molar-refractivity contribution in [2.45, 2.75) is 25.7 Å². The van der Waals surface area contributed by atoms with E-state index in [4.69, 9.17) is 11.6 Å². The molecule has 5 rings (SSSR count). The lowest BCUT2D eigenvalue weighted by Crippen LogP contribution is -2.32.